The highest BCUT2D eigenvalue weighted by molar-refractivity contribution is 6.06. The number of aromatic nitrogens is 1. The lowest BCUT2D eigenvalue weighted by Gasteiger charge is -2.19. The molecule has 4 N–H and O–H groups in total. The van der Waals surface area contributed by atoms with Crippen LogP contribution in [0.15, 0.2) is 12.3 Å². The molecule has 0 saturated carbocycles. The number of imide groups is 1. The van der Waals surface area contributed by atoms with Crippen molar-refractivity contribution in [2.75, 3.05) is 24.5 Å². The summed E-state index contributed by atoms with van der Waals surface area (Å²) in [6, 6.07) is 1.65. The topological polar surface area (TPSA) is 109 Å². The summed E-state index contributed by atoms with van der Waals surface area (Å²) in [5.74, 6) is -1.56. The van der Waals surface area contributed by atoms with Gasteiger partial charge >= 0.3 is 0 Å². The standard InChI is InChI=1S/C12H16N4O3/c13-7-9(17)15-12(19)10-11(18)8(3-4-14-10)16-5-1-2-6-16/h3-4,18H,1-2,5-7,13H2,(H,15,17,19). The maximum Gasteiger partial charge on any atom is 0.280 e. The molecule has 19 heavy (non-hydrogen) atoms. The number of hydrogen-bond donors (Lipinski definition) is 3. The molecule has 0 aliphatic carbocycles. The second-order valence-electron chi connectivity index (χ2n) is 4.30. The minimum Gasteiger partial charge on any atom is -0.504 e. The van der Waals surface area contributed by atoms with Crippen molar-refractivity contribution >= 4 is 17.5 Å². The lowest BCUT2D eigenvalue weighted by Crippen LogP contribution is -2.36. The molecule has 2 rings (SSSR count). The van der Waals surface area contributed by atoms with Crippen molar-refractivity contribution < 1.29 is 14.7 Å². The van der Waals surface area contributed by atoms with Gasteiger partial charge in [-0.15, -0.1) is 0 Å². The zero-order chi connectivity index (χ0) is 13.8. The molecule has 0 atom stereocenters. The predicted molar refractivity (Wildman–Crippen MR) is 68.9 cm³/mol. The van der Waals surface area contributed by atoms with E-state index in [9.17, 15) is 14.7 Å². The highest BCUT2D eigenvalue weighted by atomic mass is 16.3. The molecular formula is C12H16N4O3. The van der Waals surface area contributed by atoms with Crippen molar-refractivity contribution in [1.29, 1.82) is 0 Å². The van der Waals surface area contributed by atoms with Gasteiger partial charge in [0, 0.05) is 19.3 Å². The SMILES string of the molecule is NCC(=O)NC(=O)c1nccc(N2CCCC2)c1O. The number of aromatic hydroxyl groups is 1. The summed E-state index contributed by atoms with van der Waals surface area (Å²) >= 11 is 0. The molecule has 0 aromatic carbocycles. The Morgan fingerprint density at radius 2 is 2.11 bits per heavy atom. The Kier molecular flexibility index (Phi) is 3.96. The molecule has 1 fully saturated rings. The van der Waals surface area contributed by atoms with Crippen molar-refractivity contribution in [2.24, 2.45) is 5.73 Å². The minimum absolute atomic E-state index is 0.161. The van der Waals surface area contributed by atoms with E-state index < -0.39 is 11.8 Å². The summed E-state index contributed by atoms with van der Waals surface area (Å²) in [6.07, 6.45) is 3.54. The number of rotatable bonds is 3. The Hall–Kier alpha value is -2.15. The van der Waals surface area contributed by atoms with E-state index in [1.165, 1.54) is 6.20 Å². The number of carbonyl (C=O) groups excluding carboxylic acids is 2. The van der Waals surface area contributed by atoms with Gasteiger partial charge < -0.3 is 15.7 Å². The molecule has 1 saturated heterocycles. The quantitative estimate of drug-likeness (QED) is 0.685. The first-order valence-corrected chi connectivity index (χ1v) is 6.10. The Balaban J connectivity index is 2.24. The van der Waals surface area contributed by atoms with E-state index in [1.807, 2.05) is 4.90 Å². The maximum atomic E-state index is 11.8. The third kappa shape index (κ3) is 2.82. The molecule has 7 nitrogen and oxygen atoms in total. The molecule has 0 spiro atoms. The van der Waals surface area contributed by atoms with Crippen molar-refractivity contribution in [2.45, 2.75) is 12.8 Å². The zero-order valence-electron chi connectivity index (χ0n) is 10.4. The lowest BCUT2D eigenvalue weighted by molar-refractivity contribution is -0.118. The second kappa shape index (κ2) is 5.66. The van der Waals surface area contributed by atoms with Gasteiger partial charge in [-0.3, -0.25) is 14.9 Å². The van der Waals surface area contributed by atoms with E-state index in [0.717, 1.165) is 25.9 Å². The van der Waals surface area contributed by atoms with Crippen molar-refractivity contribution in [3.05, 3.63) is 18.0 Å². The highest BCUT2D eigenvalue weighted by Gasteiger charge is 2.22. The van der Waals surface area contributed by atoms with Crippen LogP contribution in [0.5, 0.6) is 5.75 Å². The summed E-state index contributed by atoms with van der Waals surface area (Å²) in [6.45, 7) is 1.37. The summed E-state index contributed by atoms with van der Waals surface area (Å²) in [5, 5.41) is 12.2. The Labute approximate surface area is 110 Å². The first-order valence-electron chi connectivity index (χ1n) is 6.10. The van der Waals surface area contributed by atoms with Crippen LogP contribution in [-0.2, 0) is 4.79 Å². The highest BCUT2D eigenvalue weighted by Crippen LogP contribution is 2.31. The second-order valence-corrected chi connectivity index (χ2v) is 4.30. The number of nitrogens with zero attached hydrogens (tertiary/aromatic N) is 2. The third-order valence-corrected chi connectivity index (χ3v) is 3.00. The number of amides is 2. The Morgan fingerprint density at radius 1 is 1.42 bits per heavy atom. The number of nitrogens with two attached hydrogens (primary N) is 1. The molecule has 0 unspecified atom stereocenters. The number of anilines is 1. The van der Waals surface area contributed by atoms with Gasteiger partial charge in [0.2, 0.25) is 5.91 Å². The molecule has 2 heterocycles. The van der Waals surface area contributed by atoms with E-state index >= 15 is 0 Å². The summed E-state index contributed by atoms with van der Waals surface area (Å²) in [4.78, 5) is 28.6. The summed E-state index contributed by atoms with van der Waals surface area (Å²) in [5.41, 5.74) is 5.52. The Morgan fingerprint density at radius 3 is 2.74 bits per heavy atom. The van der Waals surface area contributed by atoms with Crippen LogP contribution in [0, 0.1) is 0 Å². The largest absolute Gasteiger partial charge is 0.504 e. The van der Waals surface area contributed by atoms with Crippen LogP contribution in [0.3, 0.4) is 0 Å². The van der Waals surface area contributed by atoms with Crippen LogP contribution in [0.1, 0.15) is 23.3 Å². The van der Waals surface area contributed by atoms with Crippen molar-refractivity contribution in [3.8, 4) is 5.75 Å². The third-order valence-electron chi connectivity index (χ3n) is 3.00. The van der Waals surface area contributed by atoms with Gasteiger partial charge in [0.1, 0.15) is 0 Å². The average molecular weight is 264 g/mol. The normalized spacial score (nSPS) is 14.5. The first-order chi connectivity index (χ1) is 9.13. The lowest BCUT2D eigenvalue weighted by atomic mass is 10.2. The van der Waals surface area contributed by atoms with E-state index in [2.05, 4.69) is 10.3 Å². The summed E-state index contributed by atoms with van der Waals surface area (Å²) < 4.78 is 0. The predicted octanol–water partition coefficient (Wildman–Crippen LogP) is -0.398. The van der Waals surface area contributed by atoms with Crippen LogP contribution in [-0.4, -0.2) is 41.5 Å². The van der Waals surface area contributed by atoms with E-state index in [4.69, 9.17) is 5.73 Å². The van der Waals surface area contributed by atoms with Crippen LogP contribution in [0.25, 0.3) is 0 Å². The van der Waals surface area contributed by atoms with Crippen LogP contribution in [0.2, 0.25) is 0 Å². The van der Waals surface area contributed by atoms with Crippen LogP contribution in [0.4, 0.5) is 5.69 Å². The zero-order valence-corrected chi connectivity index (χ0v) is 10.4. The van der Waals surface area contributed by atoms with E-state index in [0.29, 0.717) is 5.69 Å². The minimum atomic E-state index is -0.742. The molecule has 2 amide bonds. The maximum absolute atomic E-state index is 11.8. The van der Waals surface area contributed by atoms with Crippen molar-refractivity contribution in [1.82, 2.24) is 10.3 Å². The van der Waals surface area contributed by atoms with Crippen LogP contribution < -0.4 is 16.0 Å². The van der Waals surface area contributed by atoms with Crippen LogP contribution >= 0.6 is 0 Å². The average Bonchev–Trinajstić information content (AvgIpc) is 2.92. The van der Waals surface area contributed by atoms with Gasteiger partial charge in [-0.2, -0.15) is 0 Å². The van der Waals surface area contributed by atoms with E-state index in [-0.39, 0.29) is 18.0 Å². The first kappa shape index (κ1) is 13.3. The van der Waals surface area contributed by atoms with Gasteiger partial charge in [-0.25, -0.2) is 4.98 Å². The molecule has 0 radical (unpaired) electrons. The monoisotopic (exact) mass is 264 g/mol. The fourth-order valence-corrected chi connectivity index (χ4v) is 2.06. The molecule has 102 valence electrons. The number of hydrogen-bond acceptors (Lipinski definition) is 6. The number of carbonyl (C=O) groups is 2. The molecule has 1 aliphatic heterocycles. The molecule has 1 aliphatic rings. The molecule has 0 bridgehead atoms. The number of nitrogens with one attached hydrogen (secondary N) is 1. The summed E-state index contributed by atoms with van der Waals surface area (Å²) in [7, 11) is 0. The smallest absolute Gasteiger partial charge is 0.280 e. The number of pyridine rings is 1. The molecule has 7 heteroatoms. The molecule has 1 aromatic rings. The fraction of sp³-hybridized carbons (Fsp3) is 0.417. The van der Waals surface area contributed by atoms with Gasteiger partial charge in [0.25, 0.3) is 5.91 Å². The van der Waals surface area contributed by atoms with E-state index in [1.54, 1.807) is 6.07 Å². The van der Waals surface area contributed by atoms with Crippen molar-refractivity contribution in [3.63, 3.8) is 0 Å². The fourth-order valence-electron chi connectivity index (χ4n) is 2.06. The van der Waals surface area contributed by atoms with Gasteiger partial charge in [0.05, 0.1) is 12.2 Å². The Bertz CT molecular complexity index is 498. The molecule has 1 aromatic heterocycles. The van der Waals surface area contributed by atoms with Gasteiger partial charge in [-0.05, 0) is 18.9 Å². The molecular weight excluding hydrogens is 248 g/mol. The van der Waals surface area contributed by atoms with Gasteiger partial charge in [0.15, 0.2) is 11.4 Å². The van der Waals surface area contributed by atoms with Gasteiger partial charge in [-0.1, -0.05) is 0 Å².